The second-order valence-corrected chi connectivity index (χ2v) is 10.7. The third-order valence-electron chi connectivity index (χ3n) is 5.89. The second-order valence-electron chi connectivity index (χ2n) is 8.37. The van der Waals surface area contributed by atoms with E-state index in [1.807, 2.05) is 61.5 Å². The maximum atomic E-state index is 13.4. The molecule has 172 valence electrons. The third kappa shape index (κ3) is 4.03. The van der Waals surface area contributed by atoms with Crippen LogP contribution in [0.1, 0.15) is 22.7 Å². The number of aromatic amines is 1. The molecular formula is C26H22ClN3O3S. The molecule has 0 radical (unpaired) electrons. The van der Waals surface area contributed by atoms with Gasteiger partial charge >= 0.3 is 0 Å². The van der Waals surface area contributed by atoms with Crippen LogP contribution in [-0.2, 0) is 10.0 Å². The minimum absolute atomic E-state index is 0.328. The Morgan fingerprint density at radius 1 is 0.941 bits per heavy atom. The third-order valence-corrected chi connectivity index (χ3v) is 7.16. The van der Waals surface area contributed by atoms with E-state index in [2.05, 4.69) is 10.4 Å². The van der Waals surface area contributed by atoms with Crippen molar-refractivity contribution in [2.45, 2.75) is 13.0 Å². The number of aryl methyl sites for hydroxylation is 1. The lowest BCUT2D eigenvalue weighted by Crippen LogP contribution is -2.39. The fourth-order valence-corrected chi connectivity index (χ4v) is 5.33. The molecule has 34 heavy (non-hydrogen) atoms. The highest BCUT2D eigenvalue weighted by molar-refractivity contribution is 7.88. The van der Waals surface area contributed by atoms with Crippen LogP contribution in [0.25, 0.3) is 27.7 Å². The van der Waals surface area contributed by atoms with Crippen molar-refractivity contribution in [3.63, 3.8) is 0 Å². The van der Waals surface area contributed by atoms with E-state index in [4.69, 9.17) is 11.6 Å². The molecule has 1 aliphatic heterocycles. The van der Waals surface area contributed by atoms with Crippen LogP contribution in [0.2, 0.25) is 5.02 Å². The Morgan fingerprint density at radius 2 is 1.65 bits per heavy atom. The van der Waals surface area contributed by atoms with E-state index >= 15 is 0 Å². The highest BCUT2D eigenvalue weighted by atomic mass is 35.5. The number of nitrogens with one attached hydrogen (secondary N) is 2. The van der Waals surface area contributed by atoms with E-state index in [0.29, 0.717) is 27.4 Å². The molecule has 0 aliphatic carbocycles. The topological polar surface area (TPSA) is 82.3 Å². The van der Waals surface area contributed by atoms with Crippen molar-refractivity contribution in [2.75, 3.05) is 6.26 Å². The van der Waals surface area contributed by atoms with Gasteiger partial charge in [-0.3, -0.25) is 4.79 Å². The van der Waals surface area contributed by atoms with Crippen molar-refractivity contribution in [1.82, 2.24) is 14.8 Å². The number of benzene rings is 3. The molecule has 5 rings (SSSR count). The average Bonchev–Trinajstić information content (AvgIpc) is 3.25. The van der Waals surface area contributed by atoms with E-state index in [1.54, 1.807) is 24.3 Å². The minimum Gasteiger partial charge on any atom is -0.321 e. The maximum Gasteiger partial charge on any atom is 0.258 e. The van der Waals surface area contributed by atoms with Crippen LogP contribution >= 0.6 is 11.6 Å². The van der Waals surface area contributed by atoms with Gasteiger partial charge in [-0.25, -0.2) is 8.42 Å². The van der Waals surface area contributed by atoms with E-state index < -0.39 is 16.1 Å². The molecule has 1 aliphatic rings. The van der Waals surface area contributed by atoms with Crippen molar-refractivity contribution in [2.24, 2.45) is 0 Å². The molecule has 0 amide bonds. The fourth-order valence-electron chi connectivity index (χ4n) is 4.30. The summed E-state index contributed by atoms with van der Waals surface area (Å²) in [5.74, 6) is 0. The molecule has 2 N–H and O–H groups in total. The van der Waals surface area contributed by atoms with Crippen LogP contribution in [-0.4, -0.2) is 24.1 Å². The standard InChI is InChI=1S/C26H22ClN3O3S/c1-16-8-10-17(11-9-16)23-15-22(29-30(23)34(2,32)33)25-24(18-6-4-3-5-7-18)20-14-19(27)12-13-21(20)28-26(25)31/h3-15,23,29H,1-2H3,(H,28,31)/t23-/m1/s1. The zero-order valence-electron chi connectivity index (χ0n) is 18.5. The molecule has 6 nitrogen and oxygen atoms in total. The summed E-state index contributed by atoms with van der Waals surface area (Å²) in [6.45, 7) is 1.97. The normalized spacial score (nSPS) is 16.4. The first-order valence-corrected chi connectivity index (χ1v) is 12.9. The first kappa shape index (κ1) is 22.4. The molecule has 4 aromatic rings. The lowest BCUT2D eigenvalue weighted by Gasteiger charge is -2.23. The first-order chi connectivity index (χ1) is 16.2. The molecule has 0 saturated heterocycles. The lowest BCUT2D eigenvalue weighted by atomic mass is 9.94. The molecule has 0 bridgehead atoms. The smallest absolute Gasteiger partial charge is 0.258 e. The van der Waals surface area contributed by atoms with Crippen LogP contribution in [0.4, 0.5) is 0 Å². The summed E-state index contributed by atoms with van der Waals surface area (Å²) >= 11 is 6.32. The number of fused-ring (bicyclic) bond motifs is 1. The summed E-state index contributed by atoms with van der Waals surface area (Å²) in [5, 5.41) is 1.30. The van der Waals surface area contributed by atoms with Crippen LogP contribution in [0.15, 0.2) is 83.7 Å². The summed E-state index contributed by atoms with van der Waals surface area (Å²) < 4.78 is 26.6. The SMILES string of the molecule is Cc1ccc([C@H]2C=C(c3c(-c4ccccc4)c4cc(Cl)ccc4[nH]c3=O)NN2S(C)(=O)=O)cc1. The zero-order valence-corrected chi connectivity index (χ0v) is 20.1. The Bertz CT molecular complexity index is 1590. The molecule has 0 saturated carbocycles. The number of sulfonamides is 1. The molecule has 8 heteroatoms. The Morgan fingerprint density at radius 3 is 2.32 bits per heavy atom. The van der Waals surface area contributed by atoms with Gasteiger partial charge in [0.1, 0.15) is 0 Å². The van der Waals surface area contributed by atoms with Gasteiger partial charge in [-0.1, -0.05) is 71.8 Å². The van der Waals surface area contributed by atoms with Gasteiger partial charge in [-0.05, 0) is 42.3 Å². The van der Waals surface area contributed by atoms with Crippen LogP contribution in [0.3, 0.4) is 0 Å². The molecule has 1 atom stereocenters. The number of nitrogens with zero attached hydrogens (tertiary/aromatic N) is 1. The molecule has 2 heterocycles. The van der Waals surface area contributed by atoms with Crippen molar-refractivity contribution < 1.29 is 8.42 Å². The zero-order chi connectivity index (χ0) is 24.0. The highest BCUT2D eigenvalue weighted by Crippen LogP contribution is 2.38. The number of hydrogen-bond donors (Lipinski definition) is 2. The first-order valence-electron chi connectivity index (χ1n) is 10.7. The van der Waals surface area contributed by atoms with Crippen LogP contribution in [0.5, 0.6) is 0 Å². The number of rotatable bonds is 4. The van der Waals surface area contributed by atoms with E-state index in [9.17, 15) is 13.2 Å². The second kappa shape index (κ2) is 8.43. The van der Waals surface area contributed by atoms with Gasteiger partial charge in [0, 0.05) is 21.5 Å². The number of aromatic nitrogens is 1. The number of pyridine rings is 1. The van der Waals surface area contributed by atoms with E-state index in [1.165, 1.54) is 4.41 Å². The molecule has 0 fully saturated rings. The number of halogens is 1. The summed E-state index contributed by atoms with van der Waals surface area (Å²) in [6, 6.07) is 21.9. The predicted molar refractivity (Wildman–Crippen MR) is 137 cm³/mol. The van der Waals surface area contributed by atoms with Crippen molar-refractivity contribution in [3.8, 4) is 11.1 Å². The molecular weight excluding hydrogens is 470 g/mol. The molecule has 0 unspecified atom stereocenters. The van der Waals surface area contributed by atoms with Gasteiger partial charge in [-0.2, -0.15) is 0 Å². The lowest BCUT2D eigenvalue weighted by molar-refractivity contribution is 0.351. The quantitative estimate of drug-likeness (QED) is 0.420. The van der Waals surface area contributed by atoms with Gasteiger partial charge in [0.2, 0.25) is 10.0 Å². The van der Waals surface area contributed by atoms with Gasteiger partial charge in [0.15, 0.2) is 0 Å². The fraction of sp³-hybridized carbons (Fsp3) is 0.115. The van der Waals surface area contributed by atoms with Gasteiger partial charge in [-0.15, -0.1) is 4.41 Å². The highest BCUT2D eigenvalue weighted by Gasteiger charge is 2.35. The summed E-state index contributed by atoms with van der Waals surface area (Å²) in [7, 11) is -3.65. The largest absolute Gasteiger partial charge is 0.321 e. The Hall–Kier alpha value is -3.39. The van der Waals surface area contributed by atoms with Gasteiger partial charge < -0.3 is 10.4 Å². The summed E-state index contributed by atoms with van der Waals surface area (Å²) in [6.07, 6.45) is 2.92. The molecule has 1 aromatic heterocycles. The number of H-pyrrole nitrogens is 1. The van der Waals surface area contributed by atoms with Crippen LogP contribution in [0, 0.1) is 6.92 Å². The number of hydrogen-bond acceptors (Lipinski definition) is 4. The summed E-state index contributed by atoms with van der Waals surface area (Å²) in [5.41, 5.74) is 7.44. The molecule has 0 spiro atoms. The van der Waals surface area contributed by atoms with Crippen molar-refractivity contribution in [1.29, 1.82) is 0 Å². The van der Waals surface area contributed by atoms with Crippen molar-refractivity contribution >= 4 is 38.2 Å². The van der Waals surface area contributed by atoms with Gasteiger partial charge in [0.05, 0.1) is 23.6 Å². The number of hydrazine groups is 1. The van der Waals surface area contributed by atoms with E-state index in [0.717, 1.165) is 28.3 Å². The monoisotopic (exact) mass is 491 g/mol. The predicted octanol–water partition coefficient (Wildman–Crippen LogP) is 5.02. The van der Waals surface area contributed by atoms with Gasteiger partial charge in [0.25, 0.3) is 5.56 Å². The average molecular weight is 492 g/mol. The van der Waals surface area contributed by atoms with E-state index in [-0.39, 0.29) is 5.56 Å². The van der Waals surface area contributed by atoms with Crippen LogP contribution < -0.4 is 11.0 Å². The minimum atomic E-state index is -3.65. The Kier molecular flexibility index (Phi) is 5.56. The Labute approximate surface area is 202 Å². The summed E-state index contributed by atoms with van der Waals surface area (Å²) in [4.78, 5) is 16.3. The molecule has 3 aromatic carbocycles. The maximum absolute atomic E-state index is 13.4. The van der Waals surface area contributed by atoms with Crippen molar-refractivity contribution in [3.05, 3.63) is 111 Å². The Balaban J connectivity index is 1.79.